The maximum Gasteiger partial charge on any atom is 0.411 e. The Bertz CT molecular complexity index is 1460. The monoisotopic (exact) mass is 634 g/mol. The van der Waals surface area contributed by atoms with Crippen molar-refractivity contribution in [2.75, 3.05) is 29.0 Å². The van der Waals surface area contributed by atoms with E-state index in [0.717, 1.165) is 16.4 Å². The number of amides is 2. The highest BCUT2D eigenvalue weighted by Gasteiger charge is 2.52. The Hall–Kier alpha value is -3.73. The zero-order valence-corrected chi connectivity index (χ0v) is 25.4. The summed E-state index contributed by atoms with van der Waals surface area (Å²) in [6.07, 6.45) is -6.71. The fraction of sp³-hybridized carbons (Fsp3) is 0.577. The fourth-order valence-electron chi connectivity index (χ4n) is 4.74. The Kier molecular flexibility index (Phi) is 9.51. The number of sulfonamides is 1. The largest absolute Gasteiger partial charge is 0.530 e. The summed E-state index contributed by atoms with van der Waals surface area (Å²) >= 11 is 0. The number of ether oxygens (including phenoxy) is 2. The molecule has 43 heavy (non-hydrogen) atoms. The maximum atomic E-state index is 14.2. The average Bonchev–Trinajstić information content (AvgIpc) is 3.29. The molecule has 2 aromatic rings. The van der Waals surface area contributed by atoms with Gasteiger partial charge in [-0.2, -0.15) is 13.2 Å². The Morgan fingerprint density at radius 2 is 1.91 bits per heavy atom. The van der Waals surface area contributed by atoms with Gasteiger partial charge in [-0.3, -0.25) is 13.8 Å². The van der Waals surface area contributed by atoms with Crippen LogP contribution in [-0.2, 0) is 21.4 Å². The van der Waals surface area contributed by atoms with E-state index < -0.39 is 56.7 Å². The molecule has 2 N–H and O–H groups in total. The molecular formula is C26H35F3N5O8S-. The molecule has 2 amide bonds. The second-order valence-corrected chi connectivity index (χ2v) is 12.9. The van der Waals surface area contributed by atoms with Gasteiger partial charge < -0.3 is 34.7 Å². The third kappa shape index (κ3) is 7.09. The molecule has 1 aliphatic heterocycles. The molecule has 0 saturated heterocycles. The lowest BCUT2D eigenvalue weighted by Gasteiger charge is -2.43. The van der Waals surface area contributed by atoms with E-state index in [1.54, 1.807) is 20.8 Å². The van der Waals surface area contributed by atoms with E-state index in [-0.39, 0.29) is 54.2 Å². The summed E-state index contributed by atoms with van der Waals surface area (Å²) in [6, 6.07) is 3.19. The summed E-state index contributed by atoms with van der Waals surface area (Å²) in [4.78, 5) is 23.3. The Morgan fingerprint density at radius 3 is 2.44 bits per heavy atom. The molecule has 1 aliphatic rings. The van der Waals surface area contributed by atoms with E-state index in [0.29, 0.717) is 13.8 Å². The van der Waals surface area contributed by atoms with E-state index in [4.69, 9.17) is 9.47 Å². The van der Waals surface area contributed by atoms with Gasteiger partial charge in [-0.1, -0.05) is 0 Å². The Morgan fingerprint density at radius 1 is 1.26 bits per heavy atom. The molecule has 2 heterocycles. The number of hydrogen-bond donors (Lipinski definition) is 2. The van der Waals surface area contributed by atoms with Crippen molar-refractivity contribution in [3.63, 3.8) is 0 Å². The van der Waals surface area contributed by atoms with Crippen LogP contribution in [0.4, 0.5) is 29.3 Å². The van der Waals surface area contributed by atoms with Gasteiger partial charge in [0.2, 0.25) is 5.91 Å². The number of rotatable bonds is 11. The van der Waals surface area contributed by atoms with Crippen LogP contribution in [0.1, 0.15) is 48.0 Å². The molecule has 3 rings (SSSR count). The van der Waals surface area contributed by atoms with Crippen molar-refractivity contribution in [2.45, 2.75) is 82.8 Å². The average molecular weight is 635 g/mol. The van der Waals surface area contributed by atoms with E-state index in [1.165, 1.54) is 23.9 Å². The van der Waals surface area contributed by atoms with Crippen molar-refractivity contribution in [2.24, 2.45) is 0 Å². The van der Waals surface area contributed by atoms with Crippen molar-refractivity contribution in [3.8, 4) is 11.6 Å². The third-order valence-electron chi connectivity index (χ3n) is 6.74. The maximum absolute atomic E-state index is 14.2. The highest BCUT2D eigenvalue weighted by Crippen LogP contribution is 2.44. The topological polar surface area (TPSA) is 166 Å². The summed E-state index contributed by atoms with van der Waals surface area (Å²) in [5, 5.41) is 28.1. The molecular weight excluding hydrogens is 599 g/mol. The van der Waals surface area contributed by atoms with E-state index in [1.807, 2.05) is 0 Å². The number of fused-ring (bicyclic) bond motifs is 1. The second-order valence-electron chi connectivity index (χ2n) is 11.1. The van der Waals surface area contributed by atoms with Gasteiger partial charge in [-0.05, 0) is 52.8 Å². The molecule has 0 saturated carbocycles. The molecule has 0 radical (unpaired) electrons. The number of nitrogens with one attached hydrogen (secondary N) is 1. The minimum absolute atomic E-state index is 0.00500. The van der Waals surface area contributed by atoms with Crippen molar-refractivity contribution in [3.05, 3.63) is 24.4 Å². The van der Waals surface area contributed by atoms with Crippen LogP contribution < -0.4 is 29.1 Å². The van der Waals surface area contributed by atoms with Crippen LogP contribution in [0.5, 0.6) is 11.6 Å². The van der Waals surface area contributed by atoms with Gasteiger partial charge in [0.1, 0.15) is 30.1 Å². The predicted molar refractivity (Wildman–Crippen MR) is 146 cm³/mol. The van der Waals surface area contributed by atoms with Crippen molar-refractivity contribution >= 4 is 33.4 Å². The number of aryl methyl sites for hydroxylation is 1. The molecule has 0 bridgehead atoms. The van der Waals surface area contributed by atoms with Gasteiger partial charge >= 0.3 is 6.18 Å². The molecule has 240 valence electrons. The Balaban J connectivity index is 2.22. The predicted octanol–water partition coefficient (Wildman–Crippen LogP) is 2.03. The van der Waals surface area contributed by atoms with Crippen molar-refractivity contribution in [1.29, 1.82) is 0 Å². The first-order chi connectivity index (χ1) is 19.7. The highest BCUT2D eigenvalue weighted by molar-refractivity contribution is 7.93. The molecule has 1 aromatic carbocycles. The number of anilines is 2. The van der Waals surface area contributed by atoms with Crippen LogP contribution in [0.25, 0.3) is 0 Å². The minimum Gasteiger partial charge on any atom is -0.530 e. The van der Waals surface area contributed by atoms with Gasteiger partial charge in [0.25, 0.3) is 15.9 Å². The first-order valence-corrected chi connectivity index (χ1v) is 14.7. The van der Waals surface area contributed by atoms with Crippen molar-refractivity contribution < 1.29 is 50.9 Å². The zero-order valence-electron chi connectivity index (χ0n) is 24.6. The number of carbonyl (C=O) groups excluding carboxylic acids is 2. The number of halogens is 3. The number of aromatic nitrogens is 2. The van der Waals surface area contributed by atoms with Gasteiger partial charge in [-0.25, -0.2) is 8.42 Å². The number of carbonyl (C=O) groups is 2. The number of nitrogens with zero attached hydrogens (tertiary/aromatic N) is 4. The third-order valence-corrected chi connectivity index (χ3v) is 8.50. The standard InChI is InChI=1S/C26H36F3N5O8S/c1-7-32-15-21(22(31-32)41-11-10-35)43(39,40)33-14-18(13-24(3,4)30-16(2)36)42-20-9-8-17(12-19(20)33)34(23(37)38)25(5,6)26(27,28)29/h8-9,12,15,18,35H,7,10-11,13-14H2,1-6H3,(H,30,36)(H,37,38)/p-1/t18-/m0/s1. The van der Waals surface area contributed by atoms with Crippen molar-refractivity contribution in [1.82, 2.24) is 15.1 Å². The lowest BCUT2D eigenvalue weighted by molar-refractivity contribution is -0.254. The Labute approximate surface area is 247 Å². The van der Waals surface area contributed by atoms with Crippen LogP contribution in [0.2, 0.25) is 0 Å². The molecule has 1 atom stereocenters. The smallest absolute Gasteiger partial charge is 0.411 e. The van der Waals surface area contributed by atoms with Gasteiger partial charge in [0, 0.05) is 37.3 Å². The van der Waals surface area contributed by atoms with E-state index in [9.17, 15) is 41.4 Å². The van der Waals surface area contributed by atoms with Crippen LogP contribution in [0.15, 0.2) is 29.3 Å². The summed E-state index contributed by atoms with van der Waals surface area (Å²) in [5.74, 6) is -0.710. The van der Waals surface area contributed by atoms with Gasteiger partial charge in [0.05, 0.1) is 18.8 Å². The number of aliphatic hydroxyl groups is 1. The SMILES string of the molecule is CCn1cc(S(=O)(=O)N2C[C@H](CC(C)(C)NC(C)=O)Oc3ccc(N(C(=O)[O-])C(C)(C)C(F)(F)F)cc32)c(OCCO)n1. The molecule has 13 nitrogen and oxygen atoms in total. The summed E-state index contributed by atoms with van der Waals surface area (Å²) in [6.45, 7) is 6.92. The van der Waals surface area contributed by atoms with Gasteiger partial charge in [0.15, 0.2) is 4.90 Å². The number of alkyl halides is 3. The highest BCUT2D eigenvalue weighted by atomic mass is 32.2. The summed E-state index contributed by atoms with van der Waals surface area (Å²) in [5.41, 5.74) is -4.55. The molecule has 0 aliphatic carbocycles. The lowest BCUT2D eigenvalue weighted by Crippen LogP contribution is -2.60. The van der Waals surface area contributed by atoms with Gasteiger partial charge in [-0.15, -0.1) is 5.10 Å². The molecule has 0 fully saturated rings. The fourth-order valence-corrected chi connectivity index (χ4v) is 6.32. The number of aliphatic hydroxyl groups excluding tert-OH is 1. The summed E-state index contributed by atoms with van der Waals surface area (Å²) < 4.78 is 83.7. The molecule has 1 aromatic heterocycles. The first-order valence-electron chi connectivity index (χ1n) is 13.3. The van der Waals surface area contributed by atoms with E-state index in [2.05, 4.69) is 10.4 Å². The van der Waals surface area contributed by atoms with E-state index >= 15 is 0 Å². The molecule has 0 spiro atoms. The van der Waals surface area contributed by atoms with Crippen LogP contribution >= 0.6 is 0 Å². The zero-order chi connectivity index (χ0) is 32.5. The van der Waals surface area contributed by atoms with Crippen LogP contribution in [-0.4, -0.2) is 78.4 Å². The van der Waals surface area contributed by atoms with Crippen LogP contribution in [0.3, 0.4) is 0 Å². The quantitative estimate of drug-likeness (QED) is 0.376. The van der Waals surface area contributed by atoms with Crippen LogP contribution in [0, 0.1) is 0 Å². The summed E-state index contributed by atoms with van der Waals surface area (Å²) in [7, 11) is -4.59. The number of benzene rings is 1. The lowest BCUT2D eigenvalue weighted by atomic mass is 9.95. The molecule has 0 unspecified atom stereocenters. The minimum atomic E-state index is -5.01. The first kappa shape index (κ1) is 33.8. The molecule has 17 heteroatoms. The number of carboxylic acid groups (broad SMARTS) is 1. The second kappa shape index (κ2) is 12.1. The number of hydrogen-bond acceptors (Lipinski definition) is 9. The normalized spacial score (nSPS) is 15.9.